The highest BCUT2D eigenvalue weighted by atomic mass is 31.2. The number of amides is 1. The topological polar surface area (TPSA) is 73.9 Å². The Bertz CT molecular complexity index is 343. The molecule has 0 saturated carbocycles. The molecule has 20 heavy (non-hydrogen) atoms. The lowest BCUT2D eigenvalue weighted by Gasteiger charge is -2.26. The van der Waals surface area contributed by atoms with Crippen LogP contribution in [0.4, 0.5) is 4.79 Å². The molecule has 0 aromatic carbocycles. The number of hydrogen-bond acceptors (Lipinski definition) is 5. The van der Waals surface area contributed by atoms with Gasteiger partial charge in [0.15, 0.2) is 0 Å². The number of nitrogens with one attached hydrogen (secondary N) is 1. The predicted octanol–water partition coefficient (Wildman–Crippen LogP) is 3.41. The maximum atomic E-state index is 12.2. The Labute approximate surface area is 122 Å². The third-order valence-corrected chi connectivity index (χ3v) is 4.48. The van der Waals surface area contributed by atoms with Gasteiger partial charge >= 0.3 is 13.7 Å². The zero-order chi connectivity index (χ0) is 16.0. The molecule has 0 rings (SSSR count). The highest BCUT2D eigenvalue weighted by Crippen LogP contribution is 2.47. The van der Waals surface area contributed by atoms with Crippen LogP contribution in [0.3, 0.4) is 0 Å². The van der Waals surface area contributed by atoms with Crippen LogP contribution in [0.15, 0.2) is 0 Å². The summed E-state index contributed by atoms with van der Waals surface area (Å²) < 4.78 is 27.2. The van der Waals surface area contributed by atoms with E-state index in [1.54, 1.807) is 20.8 Å². The van der Waals surface area contributed by atoms with Crippen LogP contribution in [0.2, 0.25) is 0 Å². The summed E-state index contributed by atoms with van der Waals surface area (Å²) in [6.07, 6.45) is 0.259. The van der Waals surface area contributed by atoms with Crippen LogP contribution in [0.5, 0.6) is 0 Å². The second-order valence-electron chi connectivity index (χ2n) is 6.13. The lowest BCUT2D eigenvalue weighted by Crippen LogP contribution is -2.41. The molecule has 0 aromatic rings. The van der Waals surface area contributed by atoms with Gasteiger partial charge < -0.3 is 19.1 Å². The van der Waals surface area contributed by atoms with Crippen LogP contribution in [0, 0.1) is 5.92 Å². The Morgan fingerprint density at radius 1 is 1.20 bits per heavy atom. The van der Waals surface area contributed by atoms with E-state index in [0.717, 1.165) is 0 Å². The van der Waals surface area contributed by atoms with E-state index in [9.17, 15) is 9.36 Å². The fourth-order valence-corrected chi connectivity index (χ4v) is 2.94. The summed E-state index contributed by atoms with van der Waals surface area (Å²) in [5.41, 5.74) is -0.571. The zero-order valence-corrected chi connectivity index (χ0v) is 14.5. The smallest absolute Gasteiger partial charge is 0.407 e. The molecule has 0 aliphatic rings. The summed E-state index contributed by atoms with van der Waals surface area (Å²) >= 11 is 0. The Balaban J connectivity index is 4.73. The number of hydrogen-bond donors (Lipinski definition) is 1. The molecule has 120 valence electrons. The molecule has 0 radical (unpaired) electrons. The van der Waals surface area contributed by atoms with Crippen LogP contribution in [0.25, 0.3) is 0 Å². The lowest BCUT2D eigenvalue weighted by atomic mass is 10.1. The molecule has 7 heteroatoms. The van der Waals surface area contributed by atoms with Gasteiger partial charge in [-0.25, -0.2) is 4.79 Å². The maximum absolute atomic E-state index is 12.2. The number of carbonyl (C=O) groups excluding carboxylic acids is 1. The standard InChI is InChI=1S/C13H28NO5P/c1-10(2)8-11(9-20(16,17-6)18-7)14-12(15)19-13(3,4)5/h10-11H,8-9H2,1-7H3,(H,14,15)/t11-/m1/s1. The largest absolute Gasteiger partial charge is 0.444 e. The maximum Gasteiger partial charge on any atom is 0.407 e. The van der Waals surface area contributed by atoms with Gasteiger partial charge in [-0.1, -0.05) is 13.8 Å². The first-order chi connectivity index (χ1) is 9.01. The van der Waals surface area contributed by atoms with Crippen molar-refractivity contribution in [2.45, 2.75) is 52.7 Å². The van der Waals surface area contributed by atoms with E-state index in [2.05, 4.69) is 5.32 Å². The minimum absolute atomic E-state index is 0.122. The number of rotatable bonds is 7. The molecule has 0 unspecified atom stereocenters. The molecule has 0 aliphatic carbocycles. The fourth-order valence-electron chi connectivity index (χ4n) is 1.72. The summed E-state index contributed by atoms with van der Waals surface area (Å²) in [5, 5.41) is 2.74. The Kier molecular flexibility index (Phi) is 7.78. The van der Waals surface area contributed by atoms with Crippen LogP contribution in [0.1, 0.15) is 41.0 Å². The average molecular weight is 309 g/mol. The summed E-state index contributed by atoms with van der Waals surface area (Å²) in [4.78, 5) is 11.8. The lowest BCUT2D eigenvalue weighted by molar-refractivity contribution is 0.0503. The molecule has 0 spiro atoms. The highest BCUT2D eigenvalue weighted by Gasteiger charge is 2.29. The second kappa shape index (κ2) is 8.01. The van der Waals surface area contributed by atoms with Crippen molar-refractivity contribution in [3.8, 4) is 0 Å². The summed E-state index contributed by atoms with van der Waals surface area (Å²) in [5.74, 6) is 0.331. The Hall–Kier alpha value is -0.580. The minimum Gasteiger partial charge on any atom is -0.444 e. The molecule has 0 aliphatic heterocycles. The minimum atomic E-state index is -3.17. The van der Waals surface area contributed by atoms with Gasteiger partial charge in [0.2, 0.25) is 0 Å². The number of alkyl carbamates (subject to hydrolysis) is 1. The van der Waals surface area contributed by atoms with Gasteiger partial charge in [-0.05, 0) is 33.1 Å². The van der Waals surface area contributed by atoms with Gasteiger partial charge in [-0.15, -0.1) is 0 Å². The third kappa shape index (κ3) is 8.56. The number of ether oxygens (including phenoxy) is 1. The van der Waals surface area contributed by atoms with Gasteiger partial charge in [0.1, 0.15) is 5.60 Å². The van der Waals surface area contributed by atoms with Crippen LogP contribution < -0.4 is 5.32 Å². The van der Waals surface area contributed by atoms with E-state index < -0.39 is 19.3 Å². The van der Waals surface area contributed by atoms with Gasteiger partial charge in [0.25, 0.3) is 0 Å². The number of carbonyl (C=O) groups is 1. The molecule has 1 N–H and O–H groups in total. The Morgan fingerprint density at radius 3 is 2.05 bits per heavy atom. The summed E-state index contributed by atoms with van der Waals surface area (Å²) in [6.45, 7) is 9.42. The first kappa shape index (κ1) is 19.4. The second-order valence-corrected chi connectivity index (χ2v) is 8.45. The van der Waals surface area contributed by atoms with Gasteiger partial charge in [-0.2, -0.15) is 0 Å². The quantitative estimate of drug-likeness (QED) is 0.729. The normalized spacial score (nSPS) is 14.2. The fraction of sp³-hybridized carbons (Fsp3) is 0.923. The highest BCUT2D eigenvalue weighted by molar-refractivity contribution is 7.53. The van der Waals surface area contributed by atoms with Gasteiger partial charge in [0.05, 0.1) is 6.16 Å². The summed E-state index contributed by atoms with van der Waals surface area (Å²) in [6, 6.07) is -0.324. The van der Waals surface area contributed by atoms with E-state index in [-0.39, 0.29) is 12.2 Å². The molecule has 0 bridgehead atoms. The van der Waals surface area contributed by atoms with Crippen molar-refractivity contribution >= 4 is 13.7 Å². The van der Waals surface area contributed by atoms with Crippen LogP contribution >= 0.6 is 7.60 Å². The van der Waals surface area contributed by atoms with E-state index in [1.807, 2.05) is 13.8 Å². The zero-order valence-electron chi connectivity index (χ0n) is 13.6. The van der Waals surface area contributed by atoms with Crippen LogP contribution in [-0.4, -0.2) is 38.1 Å². The van der Waals surface area contributed by atoms with Crippen molar-refractivity contribution in [1.82, 2.24) is 5.32 Å². The molecular weight excluding hydrogens is 281 g/mol. The molecule has 0 aromatic heterocycles. The molecule has 6 nitrogen and oxygen atoms in total. The van der Waals surface area contributed by atoms with Crippen molar-refractivity contribution in [3.05, 3.63) is 0 Å². The molecule has 1 amide bonds. The molecule has 0 fully saturated rings. The van der Waals surface area contributed by atoms with Crippen molar-refractivity contribution in [2.24, 2.45) is 5.92 Å². The molecule has 0 heterocycles. The van der Waals surface area contributed by atoms with Gasteiger partial charge in [-0.3, -0.25) is 4.57 Å². The Morgan fingerprint density at radius 2 is 1.70 bits per heavy atom. The van der Waals surface area contributed by atoms with Crippen molar-refractivity contribution in [3.63, 3.8) is 0 Å². The summed E-state index contributed by atoms with van der Waals surface area (Å²) in [7, 11) is -0.496. The van der Waals surface area contributed by atoms with E-state index in [0.29, 0.717) is 12.3 Å². The van der Waals surface area contributed by atoms with E-state index in [1.165, 1.54) is 14.2 Å². The van der Waals surface area contributed by atoms with Crippen molar-refractivity contribution < 1.29 is 23.1 Å². The van der Waals surface area contributed by atoms with Crippen molar-refractivity contribution in [1.29, 1.82) is 0 Å². The molecular formula is C13H28NO5P. The first-order valence-electron chi connectivity index (χ1n) is 6.71. The monoisotopic (exact) mass is 309 g/mol. The van der Waals surface area contributed by atoms with E-state index in [4.69, 9.17) is 13.8 Å². The van der Waals surface area contributed by atoms with Crippen molar-refractivity contribution in [2.75, 3.05) is 20.4 Å². The molecule has 1 atom stereocenters. The van der Waals surface area contributed by atoms with Gasteiger partial charge in [0, 0.05) is 20.3 Å². The third-order valence-electron chi connectivity index (χ3n) is 2.48. The first-order valence-corrected chi connectivity index (χ1v) is 8.44. The SMILES string of the molecule is COP(=O)(C[C@@H](CC(C)C)NC(=O)OC(C)(C)C)OC. The van der Waals surface area contributed by atoms with E-state index >= 15 is 0 Å². The average Bonchev–Trinajstić information content (AvgIpc) is 2.25. The van der Waals surface area contributed by atoms with Crippen LogP contribution in [-0.2, 0) is 18.3 Å². The predicted molar refractivity (Wildman–Crippen MR) is 79.1 cm³/mol. The molecule has 0 saturated heterocycles.